The highest BCUT2D eigenvalue weighted by Crippen LogP contribution is 2.22. The molecule has 1 unspecified atom stereocenters. The number of aromatic nitrogens is 3. The van der Waals surface area contributed by atoms with Gasteiger partial charge in [-0.3, -0.25) is 0 Å². The van der Waals surface area contributed by atoms with E-state index in [-0.39, 0.29) is 6.10 Å². The van der Waals surface area contributed by atoms with Crippen LogP contribution in [0.5, 0.6) is 0 Å². The predicted octanol–water partition coefficient (Wildman–Crippen LogP) is 1.64. The second-order valence-corrected chi connectivity index (χ2v) is 5.11. The molecule has 0 aliphatic carbocycles. The lowest BCUT2D eigenvalue weighted by Crippen LogP contribution is -2.43. The lowest BCUT2D eigenvalue weighted by atomic mass is 10.3. The summed E-state index contributed by atoms with van der Waals surface area (Å²) in [5.41, 5.74) is 2.07. The Labute approximate surface area is 114 Å². The number of ether oxygens (including phenoxy) is 1. The van der Waals surface area contributed by atoms with Crippen molar-refractivity contribution in [3.63, 3.8) is 0 Å². The van der Waals surface area contributed by atoms with Gasteiger partial charge in [-0.05, 0) is 13.0 Å². The summed E-state index contributed by atoms with van der Waals surface area (Å²) in [5.74, 6) is 0.993. The molecular weight excluding hydrogens is 296 g/mol. The molecule has 0 amide bonds. The van der Waals surface area contributed by atoms with Crippen molar-refractivity contribution >= 4 is 27.3 Å². The highest BCUT2D eigenvalue weighted by atomic mass is 79.9. The zero-order valence-corrected chi connectivity index (χ0v) is 11.8. The molecule has 1 aliphatic rings. The van der Waals surface area contributed by atoms with Crippen LogP contribution in [-0.4, -0.2) is 45.7 Å². The van der Waals surface area contributed by atoms with Crippen molar-refractivity contribution < 1.29 is 4.74 Å². The summed E-state index contributed by atoms with van der Waals surface area (Å²) in [7, 11) is 0. The van der Waals surface area contributed by atoms with Crippen molar-refractivity contribution in [2.45, 2.75) is 13.0 Å². The fourth-order valence-corrected chi connectivity index (χ4v) is 2.67. The SMILES string of the molecule is Cc1cc2c(N3CCOC(CBr)C3)nccn2n1. The summed E-state index contributed by atoms with van der Waals surface area (Å²) < 4.78 is 7.54. The first-order valence-electron chi connectivity index (χ1n) is 6.01. The first kappa shape index (κ1) is 11.9. The third kappa shape index (κ3) is 2.10. The molecule has 3 heterocycles. The average Bonchev–Trinajstić information content (AvgIpc) is 2.78. The number of hydrogen-bond donors (Lipinski definition) is 0. The third-order valence-corrected chi connectivity index (χ3v) is 3.82. The van der Waals surface area contributed by atoms with Crippen molar-refractivity contribution in [2.75, 3.05) is 29.9 Å². The van der Waals surface area contributed by atoms with Gasteiger partial charge in [-0.2, -0.15) is 5.10 Å². The Hall–Kier alpha value is -1.14. The molecule has 18 heavy (non-hydrogen) atoms. The van der Waals surface area contributed by atoms with Gasteiger partial charge in [0.05, 0.1) is 18.4 Å². The van der Waals surface area contributed by atoms with Crippen LogP contribution in [0, 0.1) is 6.92 Å². The zero-order valence-electron chi connectivity index (χ0n) is 10.2. The van der Waals surface area contributed by atoms with Gasteiger partial charge in [-0.1, -0.05) is 15.9 Å². The van der Waals surface area contributed by atoms with E-state index in [0.717, 1.165) is 42.1 Å². The molecule has 0 saturated carbocycles. The summed E-state index contributed by atoms with van der Waals surface area (Å²) >= 11 is 3.48. The Bertz CT molecular complexity index is 556. The van der Waals surface area contributed by atoms with Crippen LogP contribution in [0.1, 0.15) is 5.69 Å². The number of morpholine rings is 1. The van der Waals surface area contributed by atoms with E-state index in [9.17, 15) is 0 Å². The van der Waals surface area contributed by atoms with E-state index in [1.807, 2.05) is 17.6 Å². The lowest BCUT2D eigenvalue weighted by Gasteiger charge is -2.33. The third-order valence-electron chi connectivity index (χ3n) is 3.10. The summed E-state index contributed by atoms with van der Waals surface area (Å²) in [5, 5.41) is 5.27. The van der Waals surface area contributed by atoms with Crippen LogP contribution in [-0.2, 0) is 4.74 Å². The minimum absolute atomic E-state index is 0.227. The fourth-order valence-electron chi connectivity index (χ4n) is 2.28. The van der Waals surface area contributed by atoms with Crippen LogP contribution in [0.25, 0.3) is 5.52 Å². The summed E-state index contributed by atoms with van der Waals surface area (Å²) in [6.07, 6.45) is 3.91. The van der Waals surface area contributed by atoms with E-state index < -0.39 is 0 Å². The van der Waals surface area contributed by atoms with Crippen molar-refractivity contribution in [2.24, 2.45) is 0 Å². The molecule has 2 aromatic rings. The molecule has 1 fully saturated rings. The van der Waals surface area contributed by atoms with E-state index >= 15 is 0 Å². The molecule has 3 rings (SSSR count). The minimum Gasteiger partial charge on any atom is -0.374 e. The standard InChI is InChI=1S/C12H15BrN4O/c1-9-6-11-12(14-2-3-17(11)15-9)16-4-5-18-10(7-13)8-16/h2-3,6,10H,4-5,7-8H2,1H3. The van der Waals surface area contributed by atoms with Gasteiger partial charge in [0.2, 0.25) is 0 Å². The van der Waals surface area contributed by atoms with Crippen LogP contribution in [0.3, 0.4) is 0 Å². The number of halogens is 1. The van der Waals surface area contributed by atoms with Gasteiger partial charge < -0.3 is 9.64 Å². The molecular formula is C12H15BrN4O. The molecule has 1 saturated heterocycles. The predicted molar refractivity (Wildman–Crippen MR) is 73.5 cm³/mol. The van der Waals surface area contributed by atoms with E-state index in [1.165, 1.54) is 0 Å². The smallest absolute Gasteiger partial charge is 0.154 e. The Kier molecular flexibility index (Phi) is 3.22. The maximum atomic E-state index is 5.66. The molecule has 2 aromatic heterocycles. The number of aryl methyl sites for hydroxylation is 1. The average molecular weight is 311 g/mol. The van der Waals surface area contributed by atoms with Crippen molar-refractivity contribution in [3.8, 4) is 0 Å². The summed E-state index contributed by atoms with van der Waals surface area (Å²) in [6, 6.07) is 2.07. The zero-order chi connectivity index (χ0) is 12.5. The van der Waals surface area contributed by atoms with Crippen LogP contribution in [0.4, 0.5) is 5.82 Å². The second-order valence-electron chi connectivity index (χ2n) is 4.46. The molecule has 5 nitrogen and oxygen atoms in total. The molecule has 0 spiro atoms. The Balaban J connectivity index is 1.98. The normalized spacial score (nSPS) is 20.6. The molecule has 6 heteroatoms. The van der Waals surface area contributed by atoms with Gasteiger partial charge in [0.1, 0.15) is 5.52 Å². The quantitative estimate of drug-likeness (QED) is 0.791. The number of fused-ring (bicyclic) bond motifs is 1. The highest BCUT2D eigenvalue weighted by Gasteiger charge is 2.22. The van der Waals surface area contributed by atoms with Gasteiger partial charge in [0.25, 0.3) is 0 Å². The number of alkyl halides is 1. The Morgan fingerprint density at radius 2 is 2.44 bits per heavy atom. The van der Waals surface area contributed by atoms with E-state index in [4.69, 9.17) is 4.74 Å². The van der Waals surface area contributed by atoms with Crippen LogP contribution in [0.2, 0.25) is 0 Å². The van der Waals surface area contributed by atoms with Crippen molar-refractivity contribution in [1.29, 1.82) is 0 Å². The first-order chi connectivity index (χ1) is 8.78. The molecule has 0 aromatic carbocycles. The summed E-state index contributed by atoms with van der Waals surface area (Å²) in [6.45, 7) is 4.48. The molecule has 96 valence electrons. The van der Waals surface area contributed by atoms with Gasteiger partial charge >= 0.3 is 0 Å². The topological polar surface area (TPSA) is 42.7 Å². The number of anilines is 1. The van der Waals surface area contributed by atoms with Crippen LogP contribution in [0.15, 0.2) is 18.5 Å². The number of nitrogens with zero attached hydrogens (tertiary/aromatic N) is 4. The molecule has 0 bridgehead atoms. The number of rotatable bonds is 2. The van der Waals surface area contributed by atoms with Gasteiger partial charge in [0, 0.05) is 30.8 Å². The minimum atomic E-state index is 0.227. The number of hydrogen-bond acceptors (Lipinski definition) is 4. The maximum Gasteiger partial charge on any atom is 0.154 e. The Morgan fingerprint density at radius 3 is 3.28 bits per heavy atom. The van der Waals surface area contributed by atoms with E-state index in [0.29, 0.717) is 0 Å². The van der Waals surface area contributed by atoms with Crippen LogP contribution >= 0.6 is 15.9 Å². The lowest BCUT2D eigenvalue weighted by molar-refractivity contribution is 0.0569. The molecule has 1 atom stereocenters. The molecule has 0 radical (unpaired) electrons. The van der Waals surface area contributed by atoms with E-state index in [1.54, 1.807) is 6.20 Å². The molecule has 1 aliphatic heterocycles. The maximum absolute atomic E-state index is 5.66. The van der Waals surface area contributed by atoms with Crippen LogP contribution < -0.4 is 4.90 Å². The van der Waals surface area contributed by atoms with Gasteiger partial charge in [0.15, 0.2) is 5.82 Å². The van der Waals surface area contributed by atoms with E-state index in [2.05, 4.69) is 37.0 Å². The first-order valence-corrected chi connectivity index (χ1v) is 7.13. The monoisotopic (exact) mass is 310 g/mol. The van der Waals surface area contributed by atoms with Crippen molar-refractivity contribution in [3.05, 3.63) is 24.2 Å². The Morgan fingerprint density at radius 1 is 1.56 bits per heavy atom. The summed E-state index contributed by atoms with van der Waals surface area (Å²) in [4.78, 5) is 6.78. The van der Waals surface area contributed by atoms with Gasteiger partial charge in [-0.15, -0.1) is 0 Å². The highest BCUT2D eigenvalue weighted by molar-refractivity contribution is 9.09. The van der Waals surface area contributed by atoms with Crippen molar-refractivity contribution in [1.82, 2.24) is 14.6 Å². The second kappa shape index (κ2) is 4.85. The largest absolute Gasteiger partial charge is 0.374 e. The van der Waals surface area contributed by atoms with Gasteiger partial charge in [-0.25, -0.2) is 9.50 Å². The fraction of sp³-hybridized carbons (Fsp3) is 0.500. The molecule has 0 N–H and O–H groups in total.